The molecule has 2 rings (SSSR count). The van der Waals surface area contributed by atoms with Crippen LogP contribution < -0.4 is 5.32 Å². The first-order chi connectivity index (χ1) is 8.24. The molecule has 1 N–H and O–H groups in total. The van der Waals surface area contributed by atoms with E-state index in [9.17, 15) is 0 Å². The van der Waals surface area contributed by atoms with Crippen LogP contribution >= 0.6 is 11.3 Å². The van der Waals surface area contributed by atoms with Gasteiger partial charge in [-0.15, -0.1) is 11.3 Å². The Labute approximate surface area is 106 Å². The second kappa shape index (κ2) is 5.42. The maximum absolute atomic E-state index is 4.73. The van der Waals surface area contributed by atoms with E-state index in [0.29, 0.717) is 0 Å². The first kappa shape index (κ1) is 12.3. The zero-order valence-electron chi connectivity index (χ0n) is 10.5. The summed E-state index contributed by atoms with van der Waals surface area (Å²) < 4.78 is 1.81. The molecule has 0 fully saturated rings. The zero-order chi connectivity index (χ0) is 12.3. The van der Waals surface area contributed by atoms with Gasteiger partial charge in [-0.3, -0.25) is 4.68 Å². The molecular formula is C12H18N4S. The molecule has 0 aliphatic carbocycles. The third kappa shape index (κ3) is 2.73. The maximum Gasteiger partial charge on any atom is 0.127 e. The van der Waals surface area contributed by atoms with Crippen molar-refractivity contribution in [2.24, 2.45) is 7.05 Å². The molecule has 0 unspecified atom stereocenters. The average Bonchev–Trinajstić information content (AvgIpc) is 2.87. The summed E-state index contributed by atoms with van der Waals surface area (Å²) >= 11 is 1.76. The highest BCUT2D eigenvalue weighted by atomic mass is 32.1. The molecule has 17 heavy (non-hydrogen) atoms. The van der Waals surface area contributed by atoms with Crippen molar-refractivity contribution in [2.45, 2.75) is 26.3 Å². The Morgan fingerprint density at radius 1 is 1.47 bits per heavy atom. The summed E-state index contributed by atoms with van der Waals surface area (Å²) in [6.07, 6.45) is 6.07. The fourth-order valence-corrected chi connectivity index (χ4v) is 2.86. The van der Waals surface area contributed by atoms with Gasteiger partial charge in [0.1, 0.15) is 5.01 Å². The fourth-order valence-electron chi connectivity index (χ4n) is 1.77. The largest absolute Gasteiger partial charge is 0.315 e. The van der Waals surface area contributed by atoms with E-state index >= 15 is 0 Å². The van der Waals surface area contributed by atoms with Crippen LogP contribution in [0.4, 0.5) is 0 Å². The summed E-state index contributed by atoms with van der Waals surface area (Å²) in [7, 11) is 3.90. The van der Waals surface area contributed by atoms with E-state index in [4.69, 9.17) is 4.98 Å². The molecule has 0 bridgehead atoms. The number of hydrogen-bond donors (Lipinski definition) is 1. The Bertz CT molecular complexity index is 463. The van der Waals surface area contributed by atoms with E-state index in [0.717, 1.165) is 30.0 Å². The van der Waals surface area contributed by atoms with Gasteiger partial charge in [0.15, 0.2) is 0 Å². The Hall–Kier alpha value is -1.20. The van der Waals surface area contributed by atoms with Crippen LogP contribution in [-0.2, 0) is 20.0 Å². The second-order valence-corrected chi connectivity index (χ2v) is 5.16. The number of thiazole rings is 1. The monoisotopic (exact) mass is 250 g/mol. The van der Waals surface area contributed by atoms with Gasteiger partial charge >= 0.3 is 0 Å². The summed E-state index contributed by atoms with van der Waals surface area (Å²) in [5.41, 5.74) is 2.34. The second-order valence-electron chi connectivity index (χ2n) is 4.07. The van der Waals surface area contributed by atoms with Crippen LogP contribution in [0.25, 0.3) is 10.6 Å². The highest BCUT2D eigenvalue weighted by Gasteiger charge is 2.12. The molecule has 0 saturated heterocycles. The smallest absolute Gasteiger partial charge is 0.127 e. The molecule has 0 atom stereocenters. The van der Waals surface area contributed by atoms with Gasteiger partial charge in [-0.2, -0.15) is 5.10 Å². The van der Waals surface area contributed by atoms with E-state index < -0.39 is 0 Å². The summed E-state index contributed by atoms with van der Waals surface area (Å²) in [5.74, 6) is 0. The lowest BCUT2D eigenvalue weighted by Crippen LogP contribution is -2.05. The van der Waals surface area contributed by atoms with Crippen molar-refractivity contribution in [1.29, 1.82) is 0 Å². The number of hydrogen-bond acceptors (Lipinski definition) is 4. The van der Waals surface area contributed by atoms with Gasteiger partial charge in [0.05, 0.1) is 11.9 Å². The van der Waals surface area contributed by atoms with Gasteiger partial charge in [0, 0.05) is 30.2 Å². The molecule has 0 aliphatic rings. The lowest BCUT2D eigenvalue weighted by Gasteiger charge is -1.98. The van der Waals surface area contributed by atoms with Crippen LogP contribution in [-0.4, -0.2) is 21.8 Å². The number of aryl methyl sites for hydroxylation is 2. The average molecular weight is 250 g/mol. The van der Waals surface area contributed by atoms with E-state index in [1.807, 2.05) is 31.2 Å². The SMILES string of the molecule is CCCc1nc(-c2cnn(C)c2)sc1CNC. The minimum absolute atomic E-state index is 0.896. The van der Waals surface area contributed by atoms with Crippen LogP contribution in [0.3, 0.4) is 0 Å². The molecule has 2 aromatic heterocycles. The molecule has 0 saturated carbocycles. The third-order valence-electron chi connectivity index (χ3n) is 2.55. The Morgan fingerprint density at radius 2 is 2.29 bits per heavy atom. The van der Waals surface area contributed by atoms with Gasteiger partial charge in [0.25, 0.3) is 0 Å². The number of aromatic nitrogens is 3. The quantitative estimate of drug-likeness (QED) is 0.884. The van der Waals surface area contributed by atoms with Gasteiger partial charge in [-0.25, -0.2) is 4.98 Å². The van der Waals surface area contributed by atoms with Crippen LogP contribution in [0.5, 0.6) is 0 Å². The van der Waals surface area contributed by atoms with E-state index in [1.54, 1.807) is 11.3 Å². The minimum Gasteiger partial charge on any atom is -0.315 e. The Morgan fingerprint density at radius 3 is 2.88 bits per heavy atom. The van der Waals surface area contributed by atoms with Crippen LogP contribution in [0.1, 0.15) is 23.9 Å². The molecule has 4 nitrogen and oxygen atoms in total. The van der Waals surface area contributed by atoms with Crippen molar-refractivity contribution in [3.63, 3.8) is 0 Å². The molecular weight excluding hydrogens is 232 g/mol. The number of nitrogens with zero attached hydrogens (tertiary/aromatic N) is 3. The molecule has 92 valence electrons. The highest BCUT2D eigenvalue weighted by Crippen LogP contribution is 2.28. The number of nitrogens with one attached hydrogen (secondary N) is 1. The van der Waals surface area contributed by atoms with E-state index in [1.165, 1.54) is 10.6 Å². The summed E-state index contributed by atoms with van der Waals surface area (Å²) in [6.45, 7) is 3.08. The predicted octanol–water partition coefficient (Wildman–Crippen LogP) is 2.22. The van der Waals surface area contributed by atoms with E-state index in [2.05, 4.69) is 17.3 Å². The topological polar surface area (TPSA) is 42.7 Å². The van der Waals surface area contributed by atoms with Gasteiger partial charge in [0.2, 0.25) is 0 Å². The first-order valence-corrected chi connectivity index (χ1v) is 6.68. The highest BCUT2D eigenvalue weighted by molar-refractivity contribution is 7.15. The van der Waals surface area contributed by atoms with E-state index in [-0.39, 0.29) is 0 Å². The molecule has 0 amide bonds. The van der Waals surface area contributed by atoms with Gasteiger partial charge in [-0.05, 0) is 13.5 Å². The van der Waals surface area contributed by atoms with Crippen LogP contribution in [0.15, 0.2) is 12.4 Å². The normalized spacial score (nSPS) is 11.0. The van der Waals surface area contributed by atoms with Crippen molar-refractivity contribution < 1.29 is 0 Å². The molecule has 0 aromatic carbocycles. The zero-order valence-corrected chi connectivity index (χ0v) is 11.3. The molecule has 0 radical (unpaired) electrons. The number of rotatable bonds is 5. The molecule has 0 spiro atoms. The van der Waals surface area contributed by atoms with Crippen molar-refractivity contribution in [3.8, 4) is 10.6 Å². The van der Waals surface area contributed by atoms with Crippen LogP contribution in [0.2, 0.25) is 0 Å². The van der Waals surface area contributed by atoms with Crippen molar-refractivity contribution in [2.75, 3.05) is 7.05 Å². The van der Waals surface area contributed by atoms with Crippen molar-refractivity contribution >= 4 is 11.3 Å². The Balaban J connectivity index is 2.32. The standard InChI is InChI=1S/C12H18N4S/c1-4-5-10-11(7-13-2)17-12(15-10)9-6-14-16(3)8-9/h6,8,13H,4-5,7H2,1-3H3. The summed E-state index contributed by atoms with van der Waals surface area (Å²) in [6, 6.07) is 0. The summed E-state index contributed by atoms with van der Waals surface area (Å²) in [4.78, 5) is 6.07. The molecule has 5 heteroatoms. The van der Waals surface area contributed by atoms with Gasteiger partial charge in [-0.1, -0.05) is 13.3 Å². The lowest BCUT2D eigenvalue weighted by atomic mass is 10.2. The predicted molar refractivity (Wildman–Crippen MR) is 71.1 cm³/mol. The summed E-state index contributed by atoms with van der Waals surface area (Å²) in [5, 5.41) is 8.47. The molecule has 0 aliphatic heterocycles. The minimum atomic E-state index is 0.896. The fraction of sp³-hybridized carbons (Fsp3) is 0.500. The molecule has 2 heterocycles. The maximum atomic E-state index is 4.73. The van der Waals surface area contributed by atoms with Gasteiger partial charge < -0.3 is 5.32 Å². The Kier molecular flexibility index (Phi) is 3.91. The molecule has 2 aromatic rings. The third-order valence-corrected chi connectivity index (χ3v) is 3.70. The lowest BCUT2D eigenvalue weighted by molar-refractivity contribution is 0.768. The van der Waals surface area contributed by atoms with Crippen LogP contribution in [0, 0.1) is 0 Å². The van der Waals surface area contributed by atoms with Crippen molar-refractivity contribution in [3.05, 3.63) is 23.0 Å². The van der Waals surface area contributed by atoms with Crippen molar-refractivity contribution in [1.82, 2.24) is 20.1 Å². The first-order valence-electron chi connectivity index (χ1n) is 5.86.